The molecule has 0 unspecified atom stereocenters. The third-order valence-corrected chi connectivity index (χ3v) is 2.86. The minimum Gasteiger partial charge on any atom is -0.478 e. The Balaban J connectivity index is 2.28. The van der Waals surface area contributed by atoms with Crippen LogP contribution < -0.4 is 4.74 Å². The van der Waals surface area contributed by atoms with Crippen LogP contribution in [0.3, 0.4) is 0 Å². The second kappa shape index (κ2) is 5.65. The third-order valence-electron chi connectivity index (χ3n) is 2.57. The van der Waals surface area contributed by atoms with Gasteiger partial charge in [-0.3, -0.25) is 0 Å². The van der Waals surface area contributed by atoms with Crippen molar-refractivity contribution >= 4 is 17.6 Å². The number of rotatable bonds is 3. The summed E-state index contributed by atoms with van der Waals surface area (Å²) < 4.78 is 42.8. The highest BCUT2D eigenvalue weighted by Gasteiger charge is 2.31. The standard InChI is InChI=1S/C14H8ClF3O3/c15-11-7-9(14(16,17)18)4-5-12(11)21-10-3-1-2-8(6-10)13(19)20/h1-7H,(H,19,20). The maximum absolute atomic E-state index is 12.5. The van der Waals surface area contributed by atoms with E-state index >= 15 is 0 Å². The average molecular weight is 317 g/mol. The predicted molar refractivity (Wildman–Crippen MR) is 69.9 cm³/mol. The summed E-state index contributed by atoms with van der Waals surface area (Å²) in [4.78, 5) is 10.8. The zero-order chi connectivity index (χ0) is 15.6. The monoisotopic (exact) mass is 316 g/mol. The minimum atomic E-state index is -4.49. The first-order valence-corrected chi connectivity index (χ1v) is 6.03. The smallest absolute Gasteiger partial charge is 0.416 e. The van der Waals surface area contributed by atoms with E-state index in [0.29, 0.717) is 0 Å². The third kappa shape index (κ3) is 3.66. The molecule has 7 heteroatoms. The van der Waals surface area contributed by atoms with E-state index in [1.54, 1.807) is 0 Å². The molecule has 3 nitrogen and oxygen atoms in total. The lowest BCUT2D eigenvalue weighted by Gasteiger charge is -2.11. The van der Waals surface area contributed by atoms with Gasteiger partial charge in [0.05, 0.1) is 16.1 Å². The predicted octanol–water partition coefficient (Wildman–Crippen LogP) is 4.85. The number of benzene rings is 2. The zero-order valence-corrected chi connectivity index (χ0v) is 11.1. The number of carboxylic acid groups (broad SMARTS) is 1. The molecular weight excluding hydrogens is 309 g/mol. The van der Waals surface area contributed by atoms with Gasteiger partial charge in [-0.05, 0) is 36.4 Å². The summed E-state index contributed by atoms with van der Waals surface area (Å²) in [6, 6.07) is 8.20. The Hall–Kier alpha value is -2.21. The van der Waals surface area contributed by atoms with E-state index in [9.17, 15) is 18.0 Å². The molecule has 0 saturated carbocycles. The van der Waals surface area contributed by atoms with Crippen molar-refractivity contribution in [2.75, 3.05) is 0 Å². The van der Waals surface area contributed by atoms with Crippen molar-refractivity contribution < 1.29 is 27.8 Å². The minimum absolute atomic E-state index is 0.00414. The highest BCUT2D eigenvalue weighted by atomic mass is 35.5. The molecule has 2 rings (SSSR count). The molecule has 0 heterocycles. The molecule has 2 aromatic carbocycles. The quantitative estimate of drug-likeness (QED) is 0.880. The second-order valence-corrected chi connectivity index (χ2v) is 4.49. The number of aromatic carboxylic acids is 1. The molecule has 0 amide bonds. The molecule has 0 aliphatic rings. The summed E-state index contributed by atoms with van der Waals surface area (Å²) in [5, 5.41) is 8.63. The van der Waals surface area contributed by atoms with Crippen molar-refractivity contribution in [2.45, 2.75) is 6.18 Å². The van der Waals surface area contributed by atoms with Gasteiger partial charge in [-0.15, -0.1) is 0 Å². The summed E-state index contributed by atoms with van der Waals surface area (Å²) in [7, 11) is 0. The van der Waals surface area contributed by atoms with E-state index < -0.39 is 17.7 Å². The van der Waals surface area contributed by atoms with Gasteiger partial charge in [-0.2, -0.15) is 13.2 Å². The molecule has 21 heavy (non-hydrogen) atoms. The lowest BCUT2D eigenvalue weighted by Crippen LogP contribution is -2.04. The van der Waals surface area contributed by atoms with Crippen LogP contribution in [-0.2, 0) is 6.18 Å². The van der Waals surface area contributed by atoms with E-state index in [1.807, 2.05) is 0 Å². The molecule has 0 radical (unpaired) electrons. The van der Waals surface area contributed by atoms with Crippen LogP contribution in [0.2, 0.25) is 5.02 Å². The SMILES string of the molecule is O=C(O)c1cccc(Oc2ccc(C(F)(F)F)cc2Cl)c1. The molecule has 0 aliphatic heterocycles. The van der Waals surface area contributed by atoms with Crippen LogP contribution in [0.1, 0.15) is 15.9 Å². The highest BCUT2D eigenvalue weighted by Crippen LogP contribution is 2.36. The Morgan fingerprint density at radius 3 is 2.43 bits per heavy atom. The number of carbonyl (C=O) groups is 1. The van der Waals surface area contributed by atoms with Crippen molar-refractivity contribution in [2.24, 2.45) is 0 Å². The van der Waals surface area contributed by atoms with Crippen molar-refractivity contribution in [3.05, 3.63) is 58.6 Å². The molecule has 0 aliphatic carbocycles. The van der Waals surface area contributed by atoms with Gasteiger partial charge in [-0.1, -0.05) is 17.7 Å². The van der Waals surface area contributed by atoms with Crippen LogP contribution >= 0.6 is 11.6 Å². The van der Waals surface area contributed by atoms with Crippen LogP contribution in [0, 0.1) is 0 Å². The molecule has 0 aromatic heterocycles. The van der Waals surface area contributed by atoms with Gasteiger partial charge in [0.15, 0.2) is 0 Å². The van der Waals surface area contributed by atoms with E-state index in [1.165, 1.54) is 24.3 Å². The zero-order valence-electron chi connectivity index (χ0n) is 10.3. The van der Waals surface area contributed by atoms with Crippen LogP contribution in [0.5, 0.6) is 11.5 Å². The van der Waals surface area contributed by atoms with Crippen LogP contribution in [0.4, 0.5) is 13.2 Å². The van der Waals surface area contributed by atoms with E-state index in [0.717, 1.165) is 18.2 Å². The Morgan fingerprint density at radius 2 is 1.86 bits per heavy atom. The topological polar surface area (TPSA) is 46.5 Å². The molecule has 1 N–H and O–H groups in total. The molecule has 0 spiro atoms. The lowest BCUT2D eigenvalue weighted by molar-refractivity contribution is -0.137. The van der Waals surface area contributed by atoms with Gasteiger partial charge in [0.25, 0.3) is 0 Å². The van der Waals surface area contributed by atoms with Crippen molar-refractivity contribution in [3.8, 4) is 11.5 Å². The van der Waals surface area contributed by atoms with Gasteiger partial charge in [-0.25, -0.2) is 4.79 Å². The van der Waals surface area contributed by atoms with Crippen molar-refractivity contribution in [1.82, 2.24) is 0 Å². The first kappa shape index (κ1) is 15.2. The van der Waals surface area contributed by atoms with Crippen LogP contribution in [0.25, 0.3) is 0 Å². The van der Waals surface area contributed by atoms with Crippen LogP contribution in [0.15, 0.2) is 42.5 Å². The highest BCUT2D eigenvalue weighted by molar-refractivity contribution is 6.32. The Labute approximate surface area is 122 Å². The molecule has 0 bridgehead atoms. The fourth-order valence-electron chi connectivity index (χ4n) is 1.58. The fourth-order valence-corrected chi connectivity index (χ4v) is 1.80. The maximum Gasteiger partial charge on any atom is 0.416 e. The van der Waals surface area contributed by atoms with Gasteiger partial charge in [0.1, 0.15) is 11.5 Å². The average Bonchev–Trinajstić information content (AvgIpc) is 2.40. The summed E-state index contributed by atoms with van der Waals surface area (Å²) in [6.45, 7) is 0. The molecule has 0 atom stereocenters. The largest absolute Gasteiger partial charge is 0.478 e. The number of halogens is 4. The number of alkyl halides is 3. The molecule has 0 fully saturated rings. The van der Waals surface area contributed by atoms with E-state index in [2.05, 4.69) is 0 Å². The lowest BCUT2D eigenvalue weighted by atomic mass is 10.2. The van der Waals surface area contributed by atoms with E-state index in [-0.39, 0.29) is 22.1 Å². The number of carboxylic acids is 1. The van der Waals surface area contributed by atoms with Crippen molar-refractivity contribution in [3.63, 3.8) is 0 Å². The number of hydrogen-bond acceptors (Lipinski definition) is 2. The van der Waals surface area contributed by atoms with E-state index in [4.69, 9.17) is 21.4 Å². The molecule has 2 aromatic rings. The second-order valence-electron chi connectivity index (χ2n) is 4.08. The first-order valence-electron chi connectivity index (χ1n) is 5.65. The Kier molecular flexibility index (Phi) is 4.09. The maximum atomic E-state index is 12.5. The van der Waals surface area contributed by atoms with Crippen molar-refractivity contribution in [1.29, 1.82) is 0 Å². The number of ether oxygens (including phenoxy) is 1. The van der Waals surface area contributed by atoms with Gasteiger partial charge in [0, 0.05) is 0 Å². The number of hydrogen-bond donors (Lipinski definition) is 1. The van der Waals surface area contributed by atoms with Crippen LogP contribution in [-0.4, -0.2) is 11.1 Å². The van der Waals surface area contributed by atoms with Gasteiger partial charge < -0.3 is 9.84 Å². The fraction of sp³-hybridized carbons (Fsp3) is 0.0714. The summed E-state index contributed by atoms with van der Waals surface area (Å²) >= 11 is 5.75. The molecule has 110 valence electrons. The van der Waals surface area contributed by atoms with Gasteiger partial charge >= 0.3 is 12.1 Å². The Morgan fingerprint density at radius 1 is 1.14 bits per heavy atom. The van der Waals surface area contributed by atoms with Gasteiger partial charge in [0.2, 0.25) is 0 Å². The molecule has 0 saturated heterocycles. The summed E-state index contributed by atoms with van der Waals surface area (Å²) in [5.74, 6) is -0.970. The summed E-state index contributed by atoms with van der Waals surface area (Å²) in [6.07, 6.45) is -4.49. The first-order chi connectivity index (χ1) is 9.77. The molecular formula is C14H8ClF3O3. The normalized spacial score (nSPS) is 11.2. The summed E-state index contributed by atoms with van der Waals surface area (Å²) in [5.41, 5.74) is -0.894. The Bertz CT molecular complexity index is 683.